The first-order valence-electron chi connectivity index (χ1n) is 4.71. The lowest BCUT2D eigenvalue weighted by Gasteiger charge is -2.21. The van der Waals surface area contributed by atoms with Gasteiger partial charge in [0.05, 0.1) is 11.6 Å². The summed E-state index contributed by atoms with van der Waals surface area (Å²) >= 11 is 3.52. The van der Waals surface area contributed by atoms with Gasteiger partial charge in [-0.2, -0.15) is 0 Å². The highest BCUT2D eigenvalue weighted by molar-refractivity contribution is 9.10. The molecule has 78 valence electrons. The van der Waals surface area contributed by atoms with E-state index in [9.17, 15) is 0 Å². The molecule has 0 aromatic heterocycles. The van der Waals surface area contributed by atoms with Crippen LogP contribution in [0.5, 0.6) is 5.75 Å². The summed E-state index contributed by atoms with van der Waals surface area (Å²) in [5.74, 6) is 0.912. The molecular formula is C12H17BrO. The molecular weight excluding hydrogens is 240 g/mol. The van der Waals surface area contributed by atoms with Crippen molar-refractivity contribution in [3.8, 4) is 5.75 Å². The van der Waals surface area contributed by atoms with Gasteiger partial charge in [-0.15, -0.1) is 0 Å². The van der Waals surface area contributed by atoms with Crippen LogP contribution >= 0.6 is 15.9 Å². The highest BCUT2D eigenvalue weighted by Gasteiger charge is 2.16. The van der Waals surface area contributed by atoms with Crippen LogP contribution in [0.3, 0.4) is 0 Å². The minimum absolute atomic E-state index is 0.165. The smallest absolute Gasteiger partial charge is 0.133 e. The molecule has 0 aliphatic heterocycles. The fourth-order valence-electron chi connectivity index (χ4n) is 1.32. The first-order valence-corrected chi connectivity index (χ1v) is 5.50. The van der Waals surface area contributed by atoms with Gasteiger partial charge in [0.2, 0.25) is 0 Å². The molecule has 2 heteroatoms. The molecule has 0 heterocycles. The van der Waals surface area contributed by atoms with Crippen LogP contribution < -0.4 is 4.74 Å². The Labute approximate surface area is 94.6 Å². The zero-order valence-electron chi connectivity index (χ0n) is 9.44. The molecule has 0 aliphatic rings. The minimum atomic E-state index is 0.165. The van der Waals surface area contributed by atoms with E-state index in [2.05, 4.69) is 55.8 Å². The Balaban J connectivity index is 3.30. The highest BCUT2D eigenvalue weighted by atomic mass is 79.9. The van der Waals surface area contributed by atoms with Crippen LogP contribution in [0, 0.1) is 6.92 Å². The maximum absolute atomic E-state index is 5.31. The molecule has 1 aromatic rings. The second-order valence-electron chi connectivity index (χ2n) is 4.56. The lowest BCUT2D eigenvalue weighted by Crippen LogP contribution is -2.11. The quantitative estimate of drug-likeness (QED) is 0.737. The molecule has 14 heavy (non-hydrogen) atoms. The third-order valence-electron chi connectivity index (χ3n) is 2.31. The Morgan fingerprint density at radius 1 is 1.21 bits per heavy atom. The Bertz CT molecular complexity index is 337. The van der Waals surface area contributed by atoms with E-state index in [-0.39, 0.29) is 5.41 Å². The second-order valence-corrected chi connectivity index (χ2v) is 5.35. The van der Waals surface area contributed by atoms with Crippen molar-refractivity contribution in [1.82, 2.24) is 0 Å². The largest absolute Gasteiger partial charge is 0.496 e. The number of aryl methyl sites for hydroxylation is 1. The van der Waals surface area contributed by atoms with Crippen molar-refractivity contribution in [2.45, 2.75) is 33.1 Å². The van der Waals surface area contributed by atoms with Crippen molar-refractivity contribution in [2.24, 2.45) is 0 Å². The Morgan fingerprint density at radius 2 is 1.79 bits per heavy atom. The minimum Gasteiger partial charge on any atom is -0.496 e. The predicted molar refractivity (Wildman–Crippen MR) is 64.1 cm³/mol. The molecule has 0 spiro atoms. The molecule has 0 atom stereocenters. The number of halogens is 1. The van der Waals surface area contributed by atoms with Crippen molar-refractivity contribution in [1.29, 1.82) is 0 Å². The molecule has 0 amide bonds. The van der Waals surface area contributed by atoms with Crippen LogP contribution in [0.2, 0.25) is 0 Å². The number of rotatable bonds is 1. The fourth-order valence-corrected chi connectivity index (χ4v) is 1.71. The molecule has 0 radical (unpaired) electrons. The number of hydrogen-bond donors (Lipinski definition) is 0. The summed E-state index contributed by atoms with van der Waals surface area (Å²) < 4.78 is 6.36. The Morgan fingerprint density at radius 3 is 2.21 bits per heavy atom. The third kappa shape index (κ3) is 2.30. The summed E-state index contributed by atoms with van der Waals surface area (Å²) in [5.41, 5.74) is 2.68. The first-order chi connectivity index (χ1) is 6.36. The standard InChI is InChI=1S/C12H17BrO/c1-8-6-9(12(2,3)4)7-10(14-5)11(8)13/h6-7H,1-5H3. The van der Waals surface area contributed by atoms with Crippen LogP contribution in [-0.4, -0.2) is 7.11 Å². The molecule has 1 rings (SSSR count). The van der Waals surface area contributed by atoms with E-state index < -0.39 is 0 Å². The fraction of sp³-hybridized carbons (Fsp3) is 0.500. The highest BCUT2D eigenvalue weighted by Crippen LogP contribution is 2.34. The van der Waals surface area contributed by atoms with Gasteiger partial charge < -0.3 is 4.74 Å². The molecule has 0 unspecified atom stereocenters. The van der Waals surface area contributed by atoms with Crippen LogP contribution in [0.15, 0.2) is 16.6 Å². The molecule has 0 fully saturated rings. The van der Waals surface area contributed by atoms with Gasteiger partial charge in [0, 0.05) is 0 Å². The van der Waals surface area contributed by atoms with Gasteiger partial charge in [0.25, 0.3) is 0 Å². The number of benzene rings is 1. The maximum atomic E-state index is 5.31. The van der Waals surface area contributed by atoms with Crippen molar-refractivity contribution < 1.29 is 4.74 Å². The monoisotopic (exact) mass is 256 g/mol. The lowest BCUT2D eigenvalue weighted by molar-refractivity contribution is 0.409. The molecule has 1 aromatic carbocycles. The van der Waals surface area contributed by atoms with Gasteiger partial charge in [-0.1, -0.05) is 26.8 Å². The first kappa shape index (κ1) is 11.6. The van der Waals surface area contributed by atoms with E-state index >= 15 is 0 Å². The van der Waals surface area contributed by atoms with Crippen LogP contribution in [0.25, 0.3) is 0 Å². The van der Waals surface area contributed by atoms with Crippen LogP contribution in [-0.2, 0) is 5.41 Å². The van der Waals surface area contributed by atoms with E-state index in [4.69, 9.17) is 4.74 Å². The summed E-state index contributed by atoms with van der Waals surface area (Å²) in [6.45, 7) is 8.70. The Kier molecular flexibility index (Phi) is 3.25. The summed E-state index contributed by atoms with van der Waals surface area (Å²) in [7, 11) is 1.70. The summed E-state index contributed by atoms with van der Waals surface area (Å²) in [5, 5.41) is 0. The molecule has 1 nitrogen and oxygen atoms in total. The van der Waals surface area contributed by atoms with Gasteiger partial charge >= 0.3 is 0 Å². The summed E-state index contributed by atoms with van der Waals surface area (Å²) in [4.78, 5) is 0. The summed E-state index contributed by atoms with van der Waals surface area (Å²) in [6, 6.07) is 4.30. The second kappa shape index (κ2) is 3.93. The Hall–Kier alpha value is -0.500. The predicted octanol–water partition coefficient (Wildman–Crippen LogP) is 4.06. The molecule has 0 N–H and O–H groups in total. The number of methoxy groups -OCH3 is 1. The number of hydrogen-bond acceptors (Lipinski definition) is 1. The third-order valence-corrected chi connectivity index (χ3v) is 3.32. The van der Waals surface area contributed by atoms with Crippen LogP contribution in [0.1, 0.15) is 31.9 Å². The molecule has 0 saturated heterocycles. The zero-order valence-corrected chi connectivity index (χ0v) is 11.0. The van der Waals surface area contributed by atoms with E-state index in [0.717, 1.165) is 10.2 Å². The zero-order chi connectivity index (χ0) is 10.9. The topological polar surface area (TPSA) is 9.23 Å². The molecule has 0 saturated carbocycles. The van der Waals surface area contributed by atoms with Gasteiger partial charge in [-0.05, 0) is 45.5 Å². The van der Waals surface area contributed by atoms with Gasteiger partial charge in [0.15, 0.2) is 0 Å². The van der Waals surface area contributed by atoms with Crippen LogP contribution in [0.4, 0.5) is 0 Å². The number of ether oxygens (including phenoxy) is 1. The normalized spacial score (nSPS) is 11.6. The van der Waals surface area contributed by atoms with Gasteiger partial charge in [0.1, 0.15) is 5.75 Å². The van der Waals surface area contributed by atoms with E-state index in [0.29, 0.717) is 0 Å². The molecule has 0 aliphatic carbocycles. The summed E-state index contributed by atoms with van der Waals surface area (Å²) in [6.07, 6.45) is 0. The molecule has 0 bridgehead atoms. The van der Waals surface area contributed by atoms with Crippen molar-refractivity contribution in [3.63, 3.8) is 0 Å². The maximum Gasteiger partial charge on any atom is 0.133 e. The lowest BCUT2D eigenvalue weighted by atomic mass is 9.86. The SMILES string of the molecule is COc1cc(C(C)(C)C)cc(C)c1Br. The average Bonchev–Trinajstić information content (AvgIpc) is 2.07. The van der Waals surface area contributed by atoms with E-state index in [1.54, 1.807) is 7.11 Å². The van der Waals surface area contributed by atoms with Gasteiger partial charge in [-0.25, -0.2) is 0 Å². The van der Waals surface area contributed by atoms with E-state index in [1.165, 1.54) is 11.1 Å². The van der Waals surface area contributed by atoms with Gasteiger partial charge in [-0.3, -0.25) is 0 Å². The van der Waals surface area contributed by atoms with Crippen molar-refractivity contribution >= 4 is 15.9 Å². The average molecular weight is 257 g/mol. The van der Waals surface area contributed by atoms with E-state index in [1.807, 2.05) is 0 Å². The van der Waals surface area contributed by atoms with Crippen molar-refractivity contribution in [2.75, 3.05) is 7.11 Å². The van der Waals surface area contributed by atoms with Crippen molar-refractivity contribution in [3.05, 3.63) is 27.7 Å².